The number of nitrogens with zero attached hydrogens (tertiary/aromatic N) is 2. The first-order valence-corrected chi connectivity index (χ1v) is 9.62. The Labute approximate surface area is 164 Å². The number of fused-ring (bicyclic) bond motifs is 1. The molecule has 1 atom stereocenters. The van der Waals surface area contributed by atoms with Crippen LogP contribution in [0.2, 0.25) is 0 Å². The zero-order valence-corrected chi connectivity index (χ0v) is 15.6. The Hall–Kier alpha value is -2.99. The van der Waals surface area contributed by atoms with Crippen molar-refractivity contribution in [3.63, 3.8) is 0 Å². The summed E-state index contributed by atoms with van der Waals surface area (Å²) >= 11 is 0. The summed E-state index contributed by atoms with van der Waals surface area (Å²) in [6, 6.07) is 17.2. The molecule has 28 heavy (non-hydrogen) atoms. The van der Waals surface area contributed by atoms with Crippen molar-refractivity contribution in [2.45, 2.75) is 25.4 Å². The lowest BCUT2D eigenvalue weighted by molar-refractivity contribution is -0.121. The van der Waals surface area contributed by atoms with Gasteiger partial charge in [0.1, 0.15) is 0 Å². The summed E-state index contributed by atoms with van der Waals surface area (Å²) < 4.78 is 0. The van der Waals surface area contributed by atoms with Gasteiger partial charge in [-0.1, -0.05) is 42.5 Å². The predicted octanol–water partition coefficient (Wildman–Crippen LogP) is 2.06. The molecule has 0 unspecified atom stereocenters. The molecule has 4 rings (SSSR count). The predicted molar refractivity (Wildman–Crippen MR) is 105 cm³/mol. The Morgan fingerprint density at radius 3 is 2.29 bits per heavy atom. The van der Waals surface area contributed by atoms with E-state index in [0.29, 0.717) is 11.1 Å². The van der Waals surface area contributed by atoms with E-state index in [0.717, 1.165) is 26.1 Å². The molecule has 0 aliphatic carbocycles. The summed E-state index contributed by atoms with van der Waals surface area (Å²) in [5.74, 6) is -0.755. The molecular weight excluding hydrogens is 354 g/mol. The summed E-state index contributed by atoms with van der Waals surface area (Å²) in [6.45, 7) is 2.74. The summed E-state index contributed by atoms with van der Waals surface area (Å²) in [6.07, 6.45) is 1.03. The van der Waals surface area contributed by atoms with Gasteiger partial charge in [0.15, 0.2) is 0 Å². The monoisotopic (exact) mass is 377 g/mol. The number of imide groups is 1. The SMILES string of the molecule is O=C(CCN1C(=O)c2ccccc2C1=O)N[C@H]1CCN(Cc2ccccc2)C1. The van der Waals surface area contributed by atoms with Crippen LogP contribution in [0.5, 0.6) is 0 Å². The molecule has 0 saturated carbocycles. The van der Waals surface area contributed by atoms with Gasteiger partial charge in [-0.05, 0) is 24.1 Å². The van der Waals surface area contributed by atoms with E-state index in [4.69, 9.17) is 0 Å². The normalized spacial score (nSPS) is 19.1. The molecule has 3 amide bonds. The van der Waals surface area contributed by atoms with Crippen molar-refractivity contribution in [2.75, 3.05) is 19.6 Å². The van der Waals surface area contributed by atoms with Crippen molar-refractivity contribution in [3.8, 4) is 0 Å². The van der Waals surface area contributed by atoms with Crippen LogP contribution in [-0.2, 0) is 11.3 Å². The number of carbonyl (C=O) groups excluding carboxylic acids is 3. The minimum atomic E-state index is -0.316. The van der Waals surface area contributed by atoms with Crippen LogP contribution in [0.4, 0.5) is 0 Å². The Balaban J connectivity index is 1.25. The van der Waals surface area contributed by atoms with Crippen molar-refractivity contribution in [3.05, 3.63) is 71.3 Å². The van der Waals surface area contributed by atoms with Gasteiger partial charge in [-0.25, -0.2) is 0 Å². The van der Waals surface area contributed by atoms with Crippen molar-refractivity contribution in [2.24, 2.45) is 0 Å². The number of hydrogen-bond donors (Lipinski definition) is 1. The van der Waals surface area contributed by atoms with Gasteiger partial charge in [0.2, 0.25) is 5.91 Å². The van der Waals surface area contributed by atoms with Gasteiger partial charge in [-0.15, -0.1) is 0 Å². The van der Waals surface area contributed by atoms with Gasteiger partial charge in [-0.3, -0.25) is 24.2 Å². The van der Waals surface area contributed by atoms with Crippen molar-refractivity contribution >= 4 is 17.7 Å². The molecule has 6 nitrogen and oxygen atoms in total. The fourth-order valence-electron chi connectivity index (χ4n) is 3.89. The maximum atomic E-state index is 12.3. The topological polar surface area (TPSA) is 69.7 Å². The molecule has 0 bridgehead atoms. The van der Waals surface area contributed by atoms with Crippen LogP contribution in [0.15, 0.2) is 54.6 Å². The van der Waals surface area contributed by atoms with Crippen LogP contribution in [-0.4, -0.2) is 53.2 Å². The van der Waals surface area contributed by atoms with Crippen molar-refractivity contribution < 1.29 is 14.4 Å². The van der Waals surface area contributed by atoms with Gasteiger partial charge in [0.25, 0.3) is 11.8 Å². The number of amides is 3. The summed E-state index contributed by atoms with van der Waals surface area (Å²) in [5.41, 5.74) is 2.10. The van der Waals surface area contributed by atoms with E-state index >= 15 is 0 Å². The molecule has 1 fully saturated rings. The Bertz CT molecular complexity index is 862. The molecule has 0 spiro atoms. The Morgan fingerprint density at radius 1 is 0.964 bits per heavy atom. The maximum absolute atomic E-state index is 12.3. The molecule has 0 radical (unpaired) electrons. The minimum Gasteiger partial charge on any atom is -0.352 e. The van der Waals surface area contributed by atoms with Crippen LogP contribution in [0.1, 0.15) is 39.1 Å². The lowest BCUT2D eigenvalue weighted by Crippen LogP contribution is -2.39. The van der Waals surface area contributed by atoms with Crippen LogP contribution < -0.4 is 5.32 Å². The van der Waals surface area contributed by atoms with Gasteiger partial charge >= 0.3 is 0 Å². The van der Waals surface area contributed by atoms with Crippen LogP contribution in [0.3, 0.4) is 0 Å². The molecular formula is C22H23N3O3. The fourth-order valence-corrected chi connectivity index (χ4v) is 3.89. The third-order valence-corrected chi connectivity index (χ3v) is 5.33. The zero-order chi connectivity index (χ0) is 19.5. The molecule has 144 valence electrons. The van der Waals surface area contributed by atoms with E-state index in [1.165, 1.54) is 10.5 Å². The smallest absolute Gasteiger partial charge is 0.261 e. The van der Waals surface area contributed by atoms with Crippen LogP contribution in [0.25, 0.3) is 0 Å². The Morgan fingerprint density at radius 2 is 1.61 bits per heavy atom. The zero-order valence-electron chi connectivity index (χ0n) is 15.6. The third-order valence-electron chi connectivity index (χ3n) is 5.33. The lowest BCUT2D eigenvalue weighted by atomic mass is 10.1. The lowest BCUT2D eigenvalue weighted by Gasteiger charge is -2.18. The molecule has 2 heterocycles. The van der Waals surface area contributed by atoms with Gasteiger partial charge < -0.3 is 5.32 Å². The highest BCUT2D eigenvalue weighted by molar-refractivity contribution is 6.21. The van der Waals surface area contributed by atoms with E-state index in [-0.39, 0.29) is 36.7 Å². The van der Waals surface area contributed by atoms with E-state index in [1.807, 2.05) is 18.2 Å². The molecule has 1 N–H and O–H groups in total. The second-order valence-corrected chi connectivity index (χ2v) is 7.33. The third kappa shape index (κ3) is 3.82. The maximum Gasteiger partial charge on any atom is 0.261 e. The van der Waals surface area contributed by atoms with Gasteiger partial charge in [0, 0.05) is 38.6 Å². The van der Waals surface area contributed by atoms with Gasteiger partial charge in [0.05, 0.1) is 11.1 Å². The van der Waals surface area contributed by atoms with E-state index in [1.54, 1.807) is 24.3 Å². The standard InChI is InChI=1S/C22H23N3O3/c26-20(11-13-25-21(27)18-8-4-5-9-19(18)22(25)28)23-17-10-12-24(15-17)14-16-6-2-1-3-7-16/h1-9,17H,10-15H2,(H,23,26)/t17-/m0/s1. The minimum absolute atomic E-state index is 0.110. The molecule has 2 aromatic carbocycles. The number of hydrogen-bond acceptors (Lipinski definition) is 4. The Kier molecular flexibility index (Phi) is 5.21. The van der Waals surface area contributed by atoms with Gasteiger partial charge in [-0.2, -0.15) is 0 Å². The number of nitrogens with one attached hydrogen (secondary N) is 1. The number of carbonyl (C=O) groups is 3. The quantitative estimate of drug-likeness (QED) is 0.783. The summed E-state index contributed by atoms with van der Waals surface area (Å²) in [7, 11) is 0. The highest BCUT2D eigenvalue weighted by atomic mass is 16.2. The fraction of sp³-hybridized carbons (Fsp3) is 0.318. The summed E-state index contributed by atoms with van der Waals surface area (Å²) in [4.78, 5) is 40.5. The number of rotatable bonds is 6. The molecule has 6 heteroatoms. The van der Waals surface area contributed by atoms with Crippen LogP contribution in [0, 0.1) is 0 Å². The number of likely N-dealkylation sites (tertiary alicyclic amines) is 1. The number of benzene rings is 2. The largest absolute Gasteiger partial charge is 0.352 e. The van der Waals surface area contributed by atoms with E-state index in [2.05, 4.69) is 22.3 Å². The second kappa shape index (κ2) is 7.94. The molecule has 1 saturated heterocycles. The van der Waals surface area contributed by atoms with Crippen molar-refractivity contribution in [1.82, 2.24) is 15.1 Å². The molecule has 2 aliphatic rings. The first kappa shape index (κ1) is 18.4. The van der Waals surface area contributed by atoms with E-state index in [9.17, 15) is 14.4 Å². The van der Waals surface area contributed by atoms with Crippen molar-refractivity contribution in [1.29, 1.82) is 0 Å². The summed E-state index contributed by atoms with van der Waals surface area (Å²) in [5, 5.41) is 3.04. The molecule has 2 aliphatic heterocycles. The molecule has 2 aromatic rings. The highest BCUT2D eigenvalue weighted by Crippen LogP contribution is 2.22. The average Bonchev–Trinajstić information content (AvgIpc) is 3.24. The first-order chi connectivity index (χ1) is 13.6. The van der Waals surface area contributed by atoms with Crippen LogP contribution >= 0.6 is 0 Å². The molecule has 0 aromatic heterocycles. The highest BCUT2D eigenvalue weighted by Gasteiger charge is 2.35. The van der Waals surface area contributed by atoms with E-state index < -0.39 is 0 Å². The second-order valence-electron chi connectivity index (χ2n) is 7.33. The average molecular weight is 377 g/mol. The first-order valence-electron chi connectivity index (χ1n) is 9.62.